The Hall–Kier alpha value is -1.69. The van der Waals surface area contributed by atoms with Gasteiger partial charge in [-0.25, -0.2) is 0 Å². The monoisotopic (exact) mass is 224 g/mol. The molecule has 0 fully saturated rings. The first-order valence-electron chi connectivity index (χ1n) is 4.25. The number of rotatable bonds is 3. The van der Waals surface area contributed by atoms with E-state index < -0.39 is 5.97 Å². The Balaban J connectivity index is 2.28. The second-order valence-corrected chi connectivity index (χ2v) is 3.93. The van der Waals surface area contributed by atoms with E-state index in [-0.39, 0.29) is 12.3 Å². The van der Waals surface area contributed by atoms with Crippen molar-refractivity contribution < 1.29 is 14.4 Å². The minimum Gasteiger partial charge on any atom is -0.481 e. The van der Waals surface area contributed by atoms with Crippen molar-refractivity contribution in [1.82, 2.24) is 10.1 Å². The second kappa shape index (κ2) is 3.82. The molecule has 15 heavy (non-hydrogen) atoms. The van der Waals surface area contributed by atoms with Crippen LogP contribution in [-0.4, -0.2) is 21.2 Å². The first kappa shape index (κ1) is 9.85. The molecule has 0 aliphatic heterocycles. The standard InChI is InChI=1S/C9H8N2O3S/c1-5-2-3-15-8(5)9-10-6(14-11-9)4-7(12)13/h2-3H,4H2,1H3,(H,12,13). The zero-order valence-electron chi connectivity index (χ0n) is 7.93. The zero-order chi connectivity index (χ0) is 10.8. The molecule has 5 nitrogen and oxygen atoms in total. The maximum atomic E-state index is 10.4. The number of thiophene rings is 1. The van der Waals surface area contributed by atoms with Crippen LogP contribution in [0.3, 0.4) is 0 Å². The van der Waals surface area contributed by atoms with Gasteiger partial charge in [-0.1, -0.05) is 5.16 Å². The quantitative estimate of drug-likeness (QED) is 0.859. The normalized spacial score (nSPS) is 10.5. The van der Waals surface area contributed by atoms with Gasteiger partial charge in [-0.15, -0.1) is 11.3 Å². The molecule has 2 aromatic heterocycles. The summed E-state index contributed by atoms with van der Waals surface area (Å²) in [4.78, 5) is 15.3. The highest BCUT2D eigenvalue weighted by Gasteiger charge is 2.13. The van der Waals surface area contributed by atoms with Gasteiger partial charge in [-0.05, 0) is 23.9 Å². The van der Waals surface area contributed by atoms with E-state index in [0.717, 1.165) is 10.4 Å². The Labute approximate surface area is 89.4 Å². The maximum absolute atomic E-state index is 10.4. The number of nitrogens with zero attached hydrogens (tertiary/aromatic N) is 2. The molecule has 0 radical (unpaired) electrons. The van der Waals surface area contributed by atoms with Gasteiger partial charge in [-0.3, -0.25) is 4.79 Å². The molecule has 1 N–H and O–H groups in total. The fourth-order valence-electron chi connectivity index (χ4n) is 1.15. The summed E-state index contributed by atoms with van der Waals surface area (Å²) in [6.07, 6.45) is -0.239. The molecule has 2 heterocycles. The number of carboxylic acids is 1. The van der Waals surface area contributed by atoms with E-state index in [1.807, 2.05) is 18.4 Å². The van der Waals surface area contributed by atoms with Gasteiger partial charge < -0.3 is 9.63 Å². The Morgan fingerprint density at radius 3 is 3.07 bits per heavy atom. The van der Waals surface area contributed by atoms with Gasteiger partial charge in [0.25, 0.3) is 0 Å². The summed E-state index contributed by atoms with van der Waals surface area (Å²) >= 11 is 1.50. The lowest BCUT2D eigenvalue weighted by Crippen LogP contribution is -1.99. The maximum Gasteiger partial charge on any atom is 0.312 e. The average molecular weight is 224 g/mol. The van der Waals surface area contributed by atoms with Gasteiger partial charge in [0.15, 0.2) is 0 Å². The van der Waals surface area contributed by atoms with Crippen LogP contribution in [0.1, 0.15) is 11.5 Å². The van der Waals surface area contributed by atoms with E-state index in [2.05, 4.69) is 10.1 Å². The minimum absolute atomic E-state index is 0.130. The first-order valence-corrected chi connectivity index (χ1v) is 5.13. The highest BCUT2D eigenvalue weighted by molar-refractivity contribution is 7.13. The van der Waals surface area contributed by atoms with Crippen molar-refractivity contribution in [1.29, 1.82) is 0 Å². The highest BCUT2D eigenvalue weighted by Crippen LogP contribution is 2.26. The lowest BCUT2D eigenvalue weighted by Gasteiger charge is -1.88. The van der Waals surface area contributed by atoms with Crippen LogP contribution >= 0.6 is 11.3 Å². The Bertz CT molecular complexity index is 489. The van der Waals surface area contributed by atoms with Crippen LogP contribution in [-0.2, 0) is 11.2 Å². The molecule has 0 saturated carbocycles. The molecule has 0 bridgehead atoms. The van der Waals surface area contributed by atoms with Crippen LogP contribution in [0, 0.1) is 6.92 Å². The van der Waals surface area contributed by atoms with Crippen molar-refractivity contribution in [2.75, 3.05) is 0 Å². The third kappa shape index (κ3) is 2.04. The Morgan fingerprint density at radius 1 is 1.67 bits per heavy atom. The van der Waals surface area contributed by atoms with Gasteiger partial charge in [0.2, 0.25) is 11.7 Å². The predicted octanol–water partition coefficient (Wildman–Crippen LogP) is 1.73. The van der Waals surface area contributed by atoms with Crippen molar-refractivity contribution >= 4 is 17.3 Å². The van der Waals surface area contributed by atoms with Crippen LogP contribution in [0.15, 0.2) is 16.0 Å². The summed E-state index contributed by atoms with van der Waals surface area (Å²) in [7, 11) is 0. The third-order valence-corrected chi connectivity index (χ3v) is 2.85. The van der Waals surface area contributed by atoms with Gasteiger partial charge in [0, 0.05) is 0 Å². The van der Waals surface area contributed by atoms with E-state index >= 15 is 0 Å². The Morgan fingerprint density at radius 2 is 2.47 bits per heavy atom. The molecule has 0 unspecified atom stereocenters. The smallest absolute Gasteiger partial charge is 0.312 e. The number of hydrogen-bond acceptors (Lipinski definition) is 5. The Kier molecular flexibility index (Phi) is 2.51. The molecular weight excluding hydrogens is 216 g/mol. The fourth-order valence-corrected chi connectivity index (χ4v) is 2.00. The van der Waals surface area contributed by atoms with Gasteiger partial charge in [0.05, 0.1) is 4.88 Å². The van der Waals surface area contributed by atoms with E-state index in [0.29, 0.717) is 5.82 Å². The van der Waals surface area contributed by atoms with Crippen molar-refractivity contribution in [3.63, 3.8) is 0 Å². The topological polar surface area (TPSA) is 76.2 Å². The number of carbonyl (C=O) groups is 1. The van der Waals surface area contributed by atoms with E-state index in [9.17, 15) is 4.79 Å². The molecule has 0 aromatic carbocycles. The van der Waals surface area contributed by atoms with E-state index in [1.165, 1.54) is 11.3 Å². The van der Waals surface area contributed by atoms with E-state index in [4.69, 9.17) is 9.63 Å². The van der Waals surface area contributed by atoms with Crippen LogP contribution in [0.25, 0.3) is 10.7 Å². The van der Waals surface area contributed by atoms with Crippen molar-refractivity contribution in [2.24, 2.45) is 0 Å². The molecule has 2 aromatic rings. The summed E-state index contributed by atoms with van der Waals surface area (Å²) < 4.78 is 4.82. The van der Waals surface area contributed by atoms with Crippen LogP contribution in [0.2, 0.25) is 0 Å². The molecule has 0 amide bonds. The molecule has 0 atom stereocenters. The average Bonchev–Trinajstić information content (AvgIpc) is 2.72. The van der Waals surface area contributed by atoms with Crippen molar-refractivity contribution in [3.8, 4) is 10.7 Å². The SMILES string of the molecule is Cc1ccsc1-c1noc(CC(=O)O)n1. The molecule has 78 valence electrons. The van der Waals surface area contributed by atoms with Gasteiger partial charge in [0.1, 0.15) is 6.42 Å². The lowest BCUT2D eigenvalue weighted by molar-refractivity contribution is -0.136. The molecule has 0 spiro atoms. The van der Waals surface area contributed by atoms with Crippen LogP contribution < -0.4 is 0 Å². The number of aliphatic carboxylic acids is 1. The van der Waals surface area contributed by atoms with Crippen LogP contribution in [0.4, 0.5) is 0 Å². The molecule has 2 rings (SSSR count). The predicted molar refractivity (Wildman–Crippen MR) is 53.7 cm³/mol. The van der Waals surface area contributed by atoms with Gasteiger partial charge >= 0.3 is 5.97 Å². The van der Waals surface area contributed by atoms with Crippen molar-refractivity contribution in [3.05, 3.63) is 22.9 Å². The summed E-state index contributed by atoms with van der Waals surface area (Å²) in [5.74, 6) is -0.392. The fraction of sp³-hybridized carbons (Fsp3) is 0.222. The number of aromatic nitrogens is 2. The molecule has 6 heteroatoms. The van der Waals surface area contributed by atoms with Crippen LogP contribution in [0.5, 0.6) is 0 Å². The number of aryl methyl sites for hydroxylation is 1. The zero-order valence-corrected chi connectivity index (χ0v) is 8.74. The molecular formula is C9H8N2O3S. The lowest BCUT2D eigenvalue weighted by atomic mass is 10.3. The molecule has 0 aliphatic carbocycles. The third-order valence-electron chi connectivity index (χ3n) is 1.84. The molecule has 0 saturated heterocycles. The second-order valence-electron chi connectivity index (χ2n) is 3.01. The van der Waals surface area contributed by atoms with Crippen molar-refractivity contribution in [2.45, 2.75) is 13.3 Å². The number of carboxylic acid groups (broad SMARTS) is 1. The minimum atomic E-state index is -0.979. The number of hydrogen-bond donors (Lipinski definition) is 1. The summed E-state index contributed by atoms with van der Waals surface area (Å²) in [6.45, 7) is 1.94. The molecule has 0 aliphatic rings. The summed E-state index contributed by atoms with van der Waals surface area (Å²) in [5, 5.41) is 14.2. The van der Waals surface area contributed by atoms with E-state index in [1.54, 1.807) is 0 Å². The summed E-state index contributed by atoms with van der Waals surface area (Å²) in [6, 6.07) is 1.95. The first-order chi connectivity index (χ1) is 7.16. The highest BCUT2D eigenvalue weighted by atomic mass is 32.1. The largest absolute Gasteiger partial charge is 0.481 e. The summed E-state index contributed by atoms with van der Waals surface area (Å²) in [5.41, 5.74) is 1.06. The van der Waals surface area contributed by atoms with Gasteiger partial charge in [-0.2, -0.15) is 4.98 Å².